The summed E-state index contributed by atoms with van der Waals surface area (Å²) in [6.45, 7) is 7.03. The molecule has 0 saturated carbocycles. The number of carbonyl (C=O) groups excluding carboxylic acids is 3. The summed E-state index contributed by atoms with van der Waals surface area (Å²) < 4.78 is 0. The lowest BCUT2D eigenvalue weighted by molar-refractivity contribution is -0.128. The van der Waals surface area contributed by atoms with Crippen LogP contribution in [0.2, 0.25) is 0 Å². The van der Waals surface area contributed by atoms with Gasteiger partial charge in [0.15, 0.2) is 0 Å². The number of amides is 3. The Morgan fingerprint density at radius 2 is 1.92 bits per heavy atom. The third-order valence-corrected chi connectivity index (χ3v) is 3.91. The maximum Gasteiger partial charge on any atom is 0.229 e. The van der Waals surface area contributed by atoms with Crippen LogP contribution in [0.4, 0.5) is 11.4 Å². The summed E-state index contributed by atoms with van der Waals surface area (Å²) >= 11 is 0. The van der Waals surface area contributed by atoms with Crippen molar-refractivity contribution in [3.63, 3.8) is 0 Å². The minimum atomic E-state index is -0.329. The molecule has 0 aromatic heterocycles. The van der Waals surface area contributed by atoms with Gasteiger partial charge in [0.1, 0.15) is 0 Å². The SMILES string of the molecule is CCC(=O)Nc1cccc(NC(=O)C2CC(=O)N(CC(C)C)C2)c1. The standard InChI is InChI=1S/C18H25N3O3/c1-4-16(22)19-14-6-5-7-15(9-14)20-18(24)13-8-17(23)21(11-13)10-12(2)3/h5-7,9,12-13H,4,8,10-11H2,1-3H3,(H,19,22)(H,20,24). The first kappa shape index (κ1) is 18.0. The predicted molar refractivity (Wildman–Crippen MR) is 93.5 cm³/mol. The molecule has 24 heavy (non-hydrogen) atoms. The van der Waals surface area contributed by atoms with Crippen molar-refractivity contribution in [2.75, 3.05) is 23.7 Å². The van der Waals surface area contributed by atoms with Crippen LogP contribution in [0.3, 0.4) is 0 Å². The molecule has 6 nitrogen and oxygen atoms in total. The molecule has 1 aromatic rings. The molecule has 6 heteroatoms. The van der Waals surface area contributed by atoms with E-state index in [1.165, 1.54) is 0 Å². The van der Waals surface area contributed by atoms with Gasteiger partial charge in [0.2, 0.25) is 17.7 Å². The minimum Gasteiger partial charge on any atom is -0.342 e. The fraction of sp³-hybridized carbons (Fsp3) is 0.500. The molecule has 1 fully saturated rings. The third-order valence-electron chi connectivity index (χ3n) is 3.91. The molecule has 130 valence electrons. The van der Waals surface area contributed by atoms with E-state index in [-0.39, 0.29) is 30.1 Å². The summed E-state index contributed by atoms with van der Waals surface area (Å²) in [5.41, 5.74) is 1.26. The second-order valence-electron chi connectivity index (χ2n) is 6.57. The number of benzene rings is 1. The van der Waals surface area contributed by atoms with Crippen molar-refractivity contribution in [1.82, 2.24) is 4.90 Å². The first-order chi connectivity index (χ1) is 11.4. The van der Waals surface area contributed by atoms with Gasteiger partial charge in [-0.2, -0.15) is 0 Å². The van der Waals surface area contributed by atoms with Crippen molar-refractivity contribution in [2.24, 2.45) is 11.8 Å². The molecule has 1 unspecified atom stereocenters. The van der Waals surface area contributed by atoms with Crippen LogP contribution in [0.25, 0.3) is 0 Å². The second-order valence-corrected chi connectivity index (χ2v) is 6.57. The molecule has 1 heterocycles. The van der Waals surface area contributed by atoms with E-state index >= 15 is 0 Å². The summed E-state index contributed by atoms with van der Waals surface area (Å²) in [4.78, 5) is 37.6. The maximum atomic E-state index is 12.4. The van der Waals surface area contributed by atoms with Crippen LogP contribution >= 0.6 is 0 Å². The van der Waals surface area contributed by atoms with E-state index in [1.54, 1.807) is 36.1 Å². The van der Waals surface area contributed by atoms with Gasteiger partial charge in [-0.1, -0.05) is 26.8 Å². The predicted octanol–water partition coefficient (Wildman–Crippen LogP) is 2.48. The van der Waals surface area contributed by atoms with Gasteiger partial charge in [0, 0.05) is 37.3 Å². The molecular formula is C18H25N3O3. The second kappa shape index (κ2) is 7.95. The van der Waals surface area contributed by atoms with Gasteiger partial charge in [0.05, 0.1) is 5.92 Å². The first-order valence-corrected chi connectivity index (χ1v) is 8.37. The molecule has 1 aliphatic rings. The zero-order chi connectivity index (χ0) is 17.7. The maximum absolute atomic E-state index is 12.4. The average molecular weight is 331 g/mol. The largest absolute Gasteiger partial charge is 0.342 e. The molecule has 0 bridgehead atoms. The van der Waals surface area contributed by atoms with Crippen molar-refractivity contribution in [3.05, 3.63) is 24.3 Å². The Morgan fingerprint density at radius 1 is 1.25 bits per heavy atom. The molecule has 1 aliphatic heterocycles. The number of carbonyl (C=O) groups is 3. The van der Waals surface area contributed by atoms with Gasteiger partial charge in [-0.25, -0.2) is 0 Å². The number of hydrogen-bond acceptors (Lipinski definition) is 3. The molecular weight excluding hydrogens is 306 g/mol. The summed E-state index contributed by atoms with van der Waals surface area (Å²) in [5.74, 6) is -0.148. The molecule has 1 aromatic carbocycles. The van der Waals surface area contributed by atoms with Gasteiger partial charge in [-0.05, 0) is 24.1 Å². The average Bonchev–Trinajstić information content (AvgIpc) is 2.88. The van der Waals surface area contributed by atoms with E-state index in [9.17, 15) is 14.4 Å². The molecule has 2 N–H and O–H groups in total. The summed E-state index contributed by atoms with van der Waals surface area (Å²) in [7, 11) is 0. The number of hydrogen-bond donors (Lipinski definition) is 2. The Kier molecular flexibility index (Phi) is 5.95. The lowest BCUT2D eigenvalue weighted by atomic mass is 10.1. The monoisotopic (exact) mass is 331 g/mol. The quantitative estimate of drug-likeness (QED) is 0.840. The van der Waals surface area contributed by atoms with E-state index in [0.29, 0.717) is 36.8 Å². The third kappa shape index (κ3) is 4.81. The van der Waals surface area contributed by atoms with Crippen LogP contribution in [0.15, 0.2) is 24.3 Å². The Balaban J connectivity index is 1.96. The highest BCUT2D eigenvalue weighted by Crippen LogP contribution is 2.22. The van der Waals surface area contributed by atoms with E-state index in [1.807, 2.05) is 0 Å². The van der Waals surface area contributed by atoms with Crippen molar-refractivity contribution >= 4 is 29.1 Å². The zero-order valence-corrected chi connectivity index (χ0v) is 14.5. The molecule has 0 radical (unpaired) electrons. The Morgan fingerprint density at radius 3 is 2.54 bits per heavy atom. The van der Waals surface area contributed by atoms with Gasteiger partial charge < -0.3 is 15.5 Å². The number of nitrogens with zero attached hydrogens (tertiary/aromatic N) is 1. The molecule has 2 rings (SSSR count). The van der Waals surface area contributed by atoms with Crippen LogP contribution in [0, 0.1) is 11.8 Å². The first-order valence-electron chi connectivity index (χ1n) is 8.37. The number of anilines is 2. The van der Waals surface area contributed by atoms with Crippen LogP contribution in [0.5, 0.6) is 0 Å². The Bertz CT molecular complexity index is 628. The molecule has 0 spiro atoms. The molecule has 1 atom stereocenters. The number of likely N-dealkylation sites (tertiary alicyclic amines) is 1. The van der Waals surface area contributed by atoms with Gasteiger partial charge in [-0.3, -0.25) is 14.4 Å². The number of nitrogens with one attached hydrogen (secondary N) is 2. The Hall–Kier alpha value is -2.37. The van der Waals surface area contributed by atoms with Gasteiger partial charge >= 0.3 is 0 Å². The van der Waals surface area contributed by atoms with Crippen LogP contribution < -0.4 is 10.6 Å². The highest BCUT2D eigenvalue weighted by Gasteiger charge is 2.34. The fourth-order valence-corrected chi connectivity index (χ4v) is 2.73. The van der Waals surface area contributed by atoms with Crippen molar-refractivity contribution in [2.45, 2.75) is 33.6 Å². The normalized spacial score (nSPS) is 17.2. The van der Waals surface area contributed by atoms with Gasteiger partial charge in [-0.15, -0.1) is 0 Å². The minimum absolute atomic E-state index is 0.0350. The van der Waals surface area contributed by atoms with Crippen molar-refractivity contribution in [3.8, 4) is 0 Å². The smallest absolute Gasteiger partial charge is 0.229 e. The lowest BCUT2D eigenvalue weighted by Gasteiger charge is -2.18. The van der Waals surface area contributed by atoms with E-state index < -0.39 is 0 Å². The topological polar surface area (TPSA) is 78.5 Å². The van der Waals surface area contributed by atoms with Crippen LogP contribution in [-0.4, -0.2) is 35.7 Å². The lowest BCUT2D eigenvalue weighted by Crippen LogP contribution is -2.31. The van der Waals surface area contributed by atoms with Crippen LogP contribution in [-0.2, 0) is 14.4 Å². The summed E-state index contributed by atoms with van der Waals surface area (Å²) in [6.07, 6.45) is 0.650. The van der Waals surface area contributed by atoms with E-state index in [0.717, 1.165) is 0 Å². The van der Waals surface area contributed by atoms with Crippen molar-refractivity contribution in [1.29, 1.82) is 0 Å². The number of rotatable bonds is 6. The van der Waals surface area contributed by atoms with Crippen LogP contribution in [0.1, 0.15) is 33.6 Å². The summed E-state index contributed by atoms with van der Waals surface area (Å²) in [5, 5.41) is 5.60. The van der Waals surface area contributed by atoms with E-state index in [4.69, 9.17) is 0 Å². The molecule has 1 saturated heterocycles. The summed E-state index contributed by atoms with van der Waals surface area (Å²) in [6, 6.07) is 7.02. The fourth-order valence-electron chi connectivity index (χ4n) is 2.73. The van der Waals surface area contributed by atoms with Crippen molar-refractivity contribution < 1.29 is 14.4 Å². The molecule has 0 aliphatic carbocycles. The zero-order valence-electron chi connectivity index (χ0n) is 14.5. The highest BCUT2D eigenvalue weighted by atomic mass is 16.2. The van der Waals surface area contributed by atoms with Gasteiger partial charge in [0.25, 0.3) is 0 Å². The highest BCUT2D eigenvalue weighted by molar-refractivity contribution is 5.98. The van der Waals surface area contributed by atoms with E-state index in [2.05, 4.69) is 24.5 Å². The Labute approximate surface area is 142 Å². The molecule has 3 amide bonds.